The van der Waals surface area contributed by atoms with Crippen LogP contribution >= 0.6 is 138 Å². The van der Waals surface area contributed by atoms with E-state index in [0.717, 1.165) is 0 Å². The second-order valence-electron chi connectivity index (χ2n) is 21.3. The number of rotatable bonds is 41. The zero-order valence-corrected chi connectivity index (χ0v) is 58.8. The second kappa shape index (κ2) is 36.2. The molecule has 0 fully saturated rings. The molecule has 8 rings (SSSR count). The van der Waals surface area contributed by atoms with Crippen LogP contribution < -0.4 is 0 Å². The molecule has 0 nitrogen and oxygen atoms in total. The lowest BCUT2D eigenvalue weighted by Gasteiger charge is -2.06. The van der Waals surface area contributed by atoms with Gasteiger partial charge in [0.25, 0.3) is 0 Å². The van der Waals surface area contributed by atoms with E-state index in [-0.39, 0.29) is 0 Å². The van der Waals surface area contributed by atoms with Gasteiger partial charge in [-0.2, -0.15) is 0 Å². The van der Waals surface area contributed by atoms with Gasteiger partial charge < -0.3 is 0 Å². The molecule has 12 heteroatoms. The van der Waals surface area contributed by atoms with Crippen molar-refractivity contribution in [3.05, 3.63) is 82.6 Å². The number of aryl methyl sites for hydroxylation is 2. The van der Waals surface area contributed by atoms with Crippen LogP contribution in [0.5, 0.6) is 0 Å². The van der Waals surface area contributed by atoms with Gasteiger partial charge in [0.1, 0.15) is 0 Å². The number of thioether (sulfide) groups is 4. The van der Waals surface area contributed by atoms with Crippen LogP contribution in [-0.4, -0.2) is 23.0 Å². The van der Waals surface area contributed by atoms with E-state index in [1.807, 2.05) is 45.3 Å². The van der Waals surface area contributed by atoms with Crippen molar-refractivity contribution in [1.82, 2.24) is 0 Å². The normalized spacial score (nSPS) is 11.8. The zero-order chi connectivity index (χ0) is 55.7. The van der Waals surface area contributed by atoms with Gasteiger partial charge in [0, 0.05) is 78.1 Å². The van der Waals surface area contributed by atoms with Gasteiger partial charge in [-0.25, -0.2) is 0 Å². The highest BCUT2D eigenvalue weighted by atomic mass is 32.2. The minimum Gasteiger partial charge on any atom is -0.139 e. The molecule has 8 aromatic rings. The topological polar surface area (TPSA) is 0 Å². The molecule has 0 N–H and O–H groups in total. The van der Waals surface area contributed by atoms with E-state index in [1.54, 1.807) is 0 Å². The van der Waals surface area contributed by atoms with Gasteiger partial charge in [0.05, 0.1) is 19.5 Å². The van der Waals surface area contributed by atoms with E-state index in [9.17, 15) is 0 Å². The molecule has 8 heterocycles. The largest absolute Gasteiger partial charge is 0.139 e. The highest BCUT2D eigenvalue weighted by molar-refractivity contribution is 8.00. The molecule has 0 aliphatic rings. The third-order valence-electron chi connectivity index (χ3n) is 14.5. The van der Waals surface area contributed by atoms with E-state index in [2.05, 4.69) is 207 Å². The summed E-state index contributed by atoms with van der Waals surface area (Å²) < 4.78 is 0. The fourth-order valence-electron chi connectivity index (χ4n) is 9.84. The Labute approximate surface area is 534 Å². The average Bonchev–Trinajstić information content (AvgIpc) is 4.36. The maximum absolute atomic E-state index is 2.63. The second-order valence-corrected chi connectivity index (χ2v) is 34.6. The van der Waals surface area contributed by atoms with Gasteiger partial charge in [0.15, 0.2) is 0 Å². The Balaban J connectivity index is 1.15. The number of unbranched alkanes of at least 4 members (excludes halogenated alkanes) is 18. The van der Waals surface area contributed by atoms with E-state index < -0.39 is 0 Å². The maximum atomic E-state index is 2.63. The molecular weight excluding hydrogens is 1200 g/mol. The van der Waals surface area contributed by atoms with E-state index in [4.69, 9.17) is 0 Å². The Hall–Kier alpha value is -1.000. The van der Waals surface area contributed by atoms with Crippen molar-refractivity contribution in [2.75, 3.05) is 23.0 Å². The molecule has 0 bridgehead atoms. The third kappa shape index (κ3) is 19.5. The van der Waals surface area contributed by atoms with Crippen molar-refractivity contribution in [3.8, 4) is 68.3 Å². The summed E-state index contributed by atoms with van der Waals surface area (Å²) >= 11 is 24.9. The van der Waals surface area contributed by atoms with Crippen LogP contribution in [0.1, 0.15) is 205 Å². The zero-order valence-electron chi connectivity index (χ0n) is 49.0. The van der Waals surface area contributed by atoms with E-state index >= 15 is 0 Å². The van der Waals surface area contributed by atoms with Crippen molar-refractivity contribution in [1.29, 1.82) is 0 Å². The van der Waals surface area contributed by atoms with E-state index in [1.165, 1.54) is 288 Å². The fourth-order valence-corrected chi connectivity index (χ4v) is 24.7. The lowest BCUT2D eigenvalue weighted by molar-refractivity contribution is 0.670. The Kier molecular flexibility index (Phi) is 29.4. The maximum Gasteiger partial charge on any atom is 0.0596 e. The third-order valence-corrected chi connectivity index (χ3v) is 29.9. The van der Waals surface area contributed by atoms with Crippen molar-refractivity contribution >= 4 is 138 Å². The molecule has 0 unspecified atom stereocenters. The first-order chi connectivity index (χ1) is 39.4. The van der Waals surface area contributed by atoms with Crippen molar-refractivity contribution in [2.45, 2.75) is 228 Å². The Bertz CT molecular complexity index is 2770. The Morgan fingerprint density at radius 1 is 0.237 bits per heavy atom. The van der Waals surface area contributed by atoms with Gasteiger partial charge >= 0.3 is 0 Å². The molecule has 0 radical (unpaired) electrons. The Morgan fingerprint density at radius 3 is 0.762 bits per heavy atom. The van der Waals surface area contributed by atoms with Crippen LogP contribution in [0.3, 0.4) is 0 Å². The quantitative estimate of drug-likeness (QED) is 0.0277. The summed E-state index contributed by atoms with van der Waals surface area (Å²) in [5.74, 6) is 4.73. The molecule has 434 valence electrons. The molecule has 0 aliphatic heterocycles. The molecule has 0 saturated carbocycles. The molecule has 0 saturated heterocycles. The summed E-state index contributed by atoms with van der Waals surface area (Å²) in [6.45, 7) is 14.0. The van der Waals surface area contributed by atoms with Crippen LogP contribution in [-0.2, 0) is 12.8 Å². The average molecular weight is 1290 g/mol. The van der Waals surface area contributed by atoms with Gasteiger partial charge in [-0.05, 0) is 147 Å². The van der Waals surface area contributed by atoms with Crippen LogP contribution in [0.4, 0.5) is 0 Å². The molecule has 80 heavy (non-hydrogen) atoms. The summed E-state index contributed by atoms with van der Waals surface area (Å²) in [5.41, 5.74) is 0. The number of hydrogen-bond acceptors (Lipinski definition) is 12. The van der Waals surface area contributed by atoms with Crippen molar-refractivity contribution in [2.24, 2.45) is 0 Å². The number of hydrogen-bond donors (Lipinski definition) is 0. The van der Waals surface area contributed by atoms with Crippen LogP contribution in [0.25, 0.3) is 68.3 Å². The summed E-state index contributed by atoms with van der Waals surface area (Å²) in [4.78, 5) is 29.3. The molecule has 0 amide bonds. The lowest BCUT2D eigenvalue weighted by Crippen LogP contribution is -1.83. The van der Waals surface area contributed by atoms with Gasteiger partial charge in [-0.15, -0.1) is 138 Å². The predicted octanol–water partition coefficient (Wildman–Crippen LogP) is 28.8. The van der Waals surface area contributed by atoms with Crippen molar-refractivity contribution < 1.29 is 0 Å². The summed E-state index contributed by atoms with van der Waals surface area (Å²) in [5, 5.41) is 0. The first-order valence-corrected chi connectivity index (χ1v) is 41.4. The highest BCUT2D eigenvalue weighted by Crippen LogP contribution is 2.56. The van der Waals surface area contributed by atoms with Crippen LogP contribution in [0.2, 0.25) is 0 Å². The molecule has 0 spiro atoms. The summed E-state index contributed by atoms with van der Waals surface area (Å²) in [6.07, 6.45) is 33.8. The minimum absolute atomic E-state index is 1.18. The summed E-state index contributed by atoms with van der Waals surface area (Å²) in [6, 6.07) is 29.6. The van der Waals surface area contributed by atoms with Gasteiger partial charge in [-0.1, -0.05) is 157 Å². The minimum atomic E-state index is 1.18. The van der Waals surface area contributed by atoms with Gasteiger partial charge in [0.2, 0.25) is 0 Å². The Morgan fingerprint density at radius 2 is 0.475 bits per heavy atom. The highest BCUT2D eigenvalue weighted by Gasteiger charge is 2.25. The molecule has 8 aromatic heterocycles. The fraction of sp³-hybridized carbons (Fsp3) is 0.529. The standard InChI is InChI=1S/C68H90S12/c1-7-13-19-25-31-49-33-35-51(73-49)53-37-39-55(75-53)57-45-61(69-41-27-21-15-9-3)65(77-57)67-63(71-43-29-23-17-11-5)47-59(79-67)60-48-64(72-44-30-24-18-12-6)68(80-60)66-62(70-42-28-22-16-10-4)46-58(78-66)56-40-38-54(76-56)52-36-34-50(74-52)32-26-20-14-8-2/h33-40,45-48H,7-32,41-44H2,1-6H3. The van der Waals surface area contributed by atoms with E-state index in [0.29, 0.717) is 0 Å². The first kappa shape index (κ1) is 65.0. The number of thiophene rings is 8. The smallest absolute Gasteiger partial charge is 0.0596 e. The monoisotopic (exact) mass is 1290 g/mol. The SMILES string of the molecule is CCCCCCSc1cc(-c2ccc(-c3ccc(CCCCCC)s3)s2)sc1-c1sc(-c2cc(SCCCCCC)c(-c3sc(-c4ccc(-c5ccc(CCCCCC)s5)s4)cc3SCCCCCC)s2)cc1SCCCCCC. The molecule has 0 atom stereocenters. The first-order valence-electron chi connectivity index (χ1n) is 30.9. The van der Waals surface area contributed by atoms with Crippen molar-refractivity contribution in [3.63, 3.8) is 0 Å². The van der Waals surface area contributed by atoms with Crippen LogP contribution in [0.15, 0.2) is 92.4 Å². The predicted molar refractivity (Wildman–Crippen MR) is 383 cm³/mol. The van der Waals surface area contributed by atoms with Crippen LogP contribution in [0, 0.1) is 0 Å². The molecule has 0 aromatic carbocycles. The lowest BCUT2D eigenvalue weighted by atomic mass is 10.1. The molecular formula is C68H90S12. The van der Waals surface area contributed by atoms with Gasteiger partial charge in [-0.3, -0.25) is 0 Å². The summed E-state index contributed by atoms with van der Waals surface area (Å²) in [7, 11) is 0. The molecule has 0 aliphatic carbocycles.